The molecule has 1 heterocycles. The Morgan fingerprint density at radius 1 is 1.24 bits per heavy atom. The highest BCUT2D eigenvalue weighted by Crippen LogP contribution is 2.11. The van der Waals surface area contributed by atoms with Gasteiger partial charge in [0.05, 0.1) is 5.75 Å². The van der Waals surface area contributed by atoms with E-state index in [1.54, 1.807) is 4.31 Å². The van der Waals surface area contributed by atoms with E-state index in [1.807, 2.05) is 6.92 Å². The van der Waals surface area contributed by atoms with E-state index in [0.29, 0.717) is 25.6 Å². The Balaban J connectivity index is 2.42. The quantitative estimate of drug-likeness (QED) is 0.517. The number of hydrogen-bond donors (Lipinski definition) is 2. The fraction of sp³-hybridized carbons (Fsp3) is 0.929. The number of guanidine groups is 1. The van der Waals surface area contributed by atoms with Crippen LogP contribution < -0.4 is 10.6 Å². The van der Waals surface area contributed by atoms with Gasteiger partial charge in [-0.2, -0.15) is 0 Å². The average molecular weight is 318 g/mol. The van der Waals surface area contributed by atoms with Crippen LogP contribution in [0.4, 0.5) is 0 Å². The smallest absolute Gasteiger partial charge is 0.214 e. The van der Waals surface area contributed by atoms with E-state index in [4.69, 9.17) is 0 Å². The Kier molecular flexibility index (Phi) is 8.03. The minimum absolute atomic E-state index is 0.288. The molecule has 0 aliphatic carbocycles. The molecule has 6 nitrogen and oxygen atoms in total. The number of aliphatic imine (C=N–C) groups is 1. The highest BCUT2D eigenvalue weighted by Gasteiger charge is 2.27. The van der Waals surface area contributed by atoms with Crippen molar-refractivity contribution in [3.63, 3.8) is 0 Å². The van der Waals surface area contributed by atoms with Crippen LogP contribution in [-0.4, -0.2) is 57.2 Å². The second kappa shape index (κ2) is 9.25. The molecule has 0 amide bonds. The van der Waals surface area contributed by atoms with Crippen molar-refractivity contribution >= 4 is 16.0 Å². The molecule has 2 N–H and O–H groups in total. The van der Waals surface area contributed by atoms with Crippen LogP contribution in [0.1, 0.15) is 40.0 Å². The number of sulfonamides is 1. The minimum Gasteiger partial charge on any atom is -0.357 e. The van der Waals surface area contributed by atoms with Gasteiger partial charge in [0.2, 0.25) is 10.0 Å². The first-order chi connectivity index (χ1) is 10.0. The van der Waals surface area contributed by atoms with Gasteiger partial charge in [0, 0.05) is 32.7 Å². The van der Waals surface area contributed by atoms with Gasteiger partial charge in [0.25, 0.3) is 0 Å². The molecule has 0 atom stereocenters. The topological polar surface area (TPSA) is 73.8 Å². The van der Waals surface area contributed by atoms with Gasteiger partial charge in [-0.15, -0.1) is 0 Å². The van der Waals surface area contributed by atoms with Crippen molar-refractivity contribution < 1.29 is 8.42 Å². The van der Waals surface area contributed by atoms with Crippen molar-refractivity contribution in [1.29, 1.82) is 0 Å². The van der Waals surface area contributed by atoms with Crippen LogP contribution in [0.25, 0.3) is 0 Å². The monoisotopic (exact) mass is 318 g/mol. The van der Waals surface area contributed by atoms with E-state index in [-0.39, 0.29) is 5.75 Å². The van der Waals surface area contributed by atoms with Crippen LogP contribution in [-0.2, 0) is 10.0 Å². The van der Waals surface area contributed by atoms with Crippen LogP contribution in [0.3, 0.4) is 0 Å². The van der Waals surface area contributed by atoms with Crippen molar-refractivity contribution in [2.24, 2.45) is 10.9 Å². The Morgan fingerprint density at radius 2 is 1.95 bits per heavy atom. The molecule has 21 heavy (non-hydrogen) atoms. The summed E-state index contributed by atoms with van der Waals surface area (Å²) in [5.74, 6) is 1.68. The van der Waals surface area contributed by atoms with Crippen molar-refractivity contribution in [3.05, 3.63) is 0 Å². The van der Waals surface area contributed by atoms with E-state index in [1.165, 1.54) is 0 Å². The predicted octanol–water partition coefficient (Wildman–Crippen LogP) is 1.01. The summed E-state index contributed by atoms with van der Waals surface area (Å²) in [7, 11) is -3.00. The third kappa shape index (κ3) is 6.22. The zero-order valence-electron chi connectivity index (χ0n) is 13.6. The molecule has 0 aromatic heterocycles. The zero-order chi connectivity index (χ0) is 15.7. The van der Waals surface area contributed by atoms with Gasteiger partial charge < -0.3 is 10.6 Å². The molecule has 0 unspecified atom stereocenters. The fourth-order valence-corrected chi connectivity index (χ4v) is 3.88. The molecule has 0 saturated carbocycles. The molecule has 0 aromatic carbocycles. The van der Waals surface area contributed by atoms with Crippen molar-refractivity contribution in [1.82, 2.24) is 14.9 Å². The minimum atomic E-state index is -3.00. The molecule has 124 valence electrons. The van der Waals surface area contributed by atoms with Crippen molar-refractivity contribution in [2.75, 3.05) is 38.5 Å². The average Bonchev–Trinajstić information content (AvgIpc) is 2.79. The summed E-state index contributed by atoms with van der Waals surface area (Å²) in [6.45, 7) is 9.75. The second-order valence-corrected chi connectivity index (χ2v) is 7.49. The molecule has 0 spiro atoms. The van der Waals surface area contributed by atoms with Crippen LogP contribution in [0, 0.1) is 5.92 Å². The highest BCUT2D eigenvalue weighted by atomic mass is 32.2. The molecule has 0 radical (unpaired) electrons. The van der Waals surface area contributed by atoms with E-state index >= 15 is 0 Å². The number of nitrogens with zero attached hydrogens (tertiary/aromatic N) is 2. The maximum Gasteiger partial charge on any atom is 0.214 e. The van der Waals surface area contributed by atoms with Gasteiger partial charge in [-0.1, -0.05) is 26.7 Å². The summed E-state index contributed by atoms with van der Waals surface area (Å²) in [6.07, 6.45) is 3.00. The lowest BCUT2D eigenvalue weighted by molar-refractivity contribution is 0.444. The molecular weight excluding hydrogens is 288 g/mol. The maximum absolute atomic E-state index is 11.7. The number of rotatable bonds is 8. The van der Waals surface area contributed by atoms with Gasteiger partial charge >= 0.3 is 0 Å². The standard InChI is InChI=1S/C14H30N4O2S/c1-4-13(5-2)12-17-14(15-6-3)16-8-10-18-9-7-11-21(18,19)20/h13H,4-12H2,1-3H3,(H2,15,16,17). The largest absolute Gasteiger partial charge is 0.357 e. The molecule has 0 bridgehead atoms. The fourth-order valence-electron chi connectivity index (χ4n) is 2.35. The number of nitrogens with one attached hydrogen (secondary N) is 2. The third-order valence-corrected chi connectivity index (χ3v) is 5.82. The van der Waals surface area contributed by atoms with Gasteiger partial charge in [-0.3, -0.25) is 4.99 Å². The van der Waals surface area contributed by atoms with Crippen molar-refractivity contribution in [3.8, 4) is 0 Å². The summed E-state index contributed by atoms with van der Waals surface area (Å²) in [5, 5.41) is 6.42. The molecule has 1 saturated heterocycles. The molecule has 1 rings (SSSR count). The molecule has 7 heteroatoms. The van der Waals surface area contributed by atoms with E-state index < -0.39 is 10.0 Å². The molecule has 1 aliphatic heterocycles. The van der Waals surface area contributed by atoms with E-state index in [2.05, 4.69) is 29.5 Å². The zero-order valence-corrected chi connectivity index (χ0v) is 14.4. The lowest BCUT2D eigenvalue weighted by Gasteiger charge is -2.17. The molecular formula is C14H30N4O2S. The first-order valence-electron chi connectivity index (χ1n) is 8.03. The maximum atomic E-state index is 11.7. The van der Waals surface area contributed by atoms with Gasteiger partial charge in [0.1, 0.15) is 0 Å². The predicted molar refractivity (Wildman–Crippen MR) is 88.0 cm³/mol. The Morgan fingerprint density at radius 3 is 2.48 bits per heavy atom. The van der Waals surface area contributed by atoms with E-state index in [9.17, 15) is 8.42 Å². The first-order valence-corrected chi connectivity index (χ1v) is 9.64. The Bertz CT molecular complexity index is 419. The molecule has 1 fully saturated rings. The first kappa shape index (κ1) is 18.2. The SMILES string of the molecule is CCNC(=NCC(CC)CC)NCCN1CCCS1(=O)=O. The van der Waals surface area contributed by atoms with Crippen LogP contribution in [0.5, 0.6) is 0 Å². The third-order valence-electron chi connectivity index (χ3n) is 3.86. The second-order valence-electron chi connectivity index (χ2n) is 5.40. The van der Waals surface area contributed by atoms with Crippen LogP contribution in [0.2, 0.25) is 0 Å². The summed E-state index contributed by atoms with van der Waals surface area (Å²) in [6, 6.07) is 0. The molecule has 1 aliphatic rings. The van der Waals surface area contributed by atoms with Gasteiger partial charge in [0.15, 0.2) is 5.96 Å². The summed E-state index contributed by atoms with van der Waals surface area (Å²) in [5.41, 5.74) is 0. The number of hydrogen-bond acceptors (Lipinski definition) is 3. The van der Waals surface area contributed by atoms with Crippen molar-refractivity contribution in [2.45, 2.75) is 40.0 Å². The molecule has 0 aromatic rings. The normalized spacial score (nSPS) is 19.1. The summed E-state index contributed by atoms with van der Waals surface area (Å²) in [4.78, 5) is 4.58. The van der Waals surface area contributed by atoms with Crippen LogP contribution >= 0.6 is 0 Å². The van der Waals surface area contributed by atoms with Crippen LogP contribution in [0.15, 0.2) is 4.99 Å². The van der Waals surface area contributed by atoms with Gasteiger partial charge in [-0.25, -0.2) is 12.7 Å². The lowest BCUT2D eigenvalue weighted by atomic mass is 10.0. The van der Waals surface area contributed by atoms with Gasteiger partial charge in [-0.05, 0) is 19.3 Å². The lowest BCUT2D eigenvalue weighted by Crippen LogP contribution is -2.42. The summed E-state index contributed by atoms with van der Waals surface area (Å²) < 4.78 is 25.0. The Hall–Kier alpha value is -0.820. The Labute approximate surface area is 129 Å². The highest BCUT2D eigenvalue weighted by molar-refractivity contribution is 7.89. The van der Waals surface area contributed by atoms with E-state index in [0.717, 1.165) is 38.3 Å². The summed E-state index contributed by atoms with van der Waals surface area (Å²) >= 11 is 0.